The summed E-state index contributed by atoms with van der Waals surface area (Å²) in [4.78, 5) is 2.40. The molecule has 1 saturated heterocycles. The van der Waals surface area contributed by atoms with Crippen LogP contribution in [0.1, 0.15) is 55.6 Å². The lowest BCUT2D eigenvalue weighted by molar-refractivity contribution is -0.0294. The van der Waals surface area contributed by atoms with Crippen LogP contribution in [0.25, 0.3) is 0 Å². The highest BCUT2D eigenvalue weighted by Gasteiger charge is 2.40. The summed E-state index contributed by atoms with van der Waals surface area (Å²) in [6.07, 6.45) is 6.09. The SMILES string of the molecule is NC1CCN(CC(c2ccc(OCc3ccccc3)c(Cl)c2)C2(O)CCCCC2)C1. The second-order valence-electron chi connectivity index (χ2n) is 8.99. The standard InChI is InChI=1S/C25H33ClN2O2/c26-23-15-20(9-10-24(23)30-18-19-7-3-1-4-8-19)22(17-28-14-11-21(27)16-28)25(29)12-5-2-6-13-25/h1,3-4,7-10,15,21-22,29H,2,5-6,11-14,16-18,27H2. The normalized spacial score (nSPS) is 22.7. The highest BCUT2D eigenvalue weighted by Crippen LogP contribution is 2.42. The molecule has 0 aromatic heterocycles. The zero-order chi connectivity index (χ0) is 21.0. The third-order valence-electron chi connectivity index (χ3n) is 6.71. The van der Waals surface area contributed by atoms with Gasteiger partial charge in [0.05, 0.1) is 10.6 Å². The second kappa shape index (κ2) is 9.69. The lowest BCUT2D eigenvalue weighted by atomic mass is 9.72. The van der Waals surface area contributed by atoms with Gasteiger partial charge in [-0.1, -0.05) is 67.3 Å². The molecule has 162 valence electrons. The highest BCUT2D eigenvalue weighted by molar-refractivity contribution is 6.32. The molecule has 1 aliphatic heterocycles. The molecule has 2 aromatic rings. The first-order valence-electron chi connectivity index (χ1n) is 11.2. The van der Waals surface area contributed by atoms with Crippen molar-refractivity contribution in [1.82, 2.24) is 4.90 Å². The van der Waals surface area contributed by atoms with Crippen molar-refractivity contribution >= 4 is 11.6 Å². The monoisotopic (exact) mass is 428 g/mol. The summed E-state index contributed by atoms with van der Waals surface area (Å²) < 4.78 is 5.95. The van der Waals surface area contributed by atoms with Gasteiger partial charge in [0.15, 0.2) is 0 Å². The fourth-order valence-electron chi connectivity index (χ4n) is 4.97. The summed E-state index contributed by atoms with van der Waals surface area (Å²) in [7, 11) is 0. The van der Waals surface area contributed by atoms with Crippen LogP contribution in [-0.2, 0) is 6.61 Å². The number of benzene rings is 2. The van der Waals surface area contributed by atoms with Crippen molar-refractivity contribution in [1.29, 1.82) is 0 Å². The van der Waals surface area contributed by atoms with Crippen LogP contribution in [0.15, 0.2) is 48.5 Å². The third kappa shape index (κ3) is 5.17. The van der Waals surface area contributed by atoms with Gasteiger partial charge < -0.3 is 20.5 Å². The number of rotatable bonds is 7. The Labute approximate surface area is 185 Å². The molecule has 30 heavy (non-hydrogen) atoms. The molecule has 2 fully saturated rings. The van der Waals surface area contributed by atoms with Crippen LogP contribution >= 0.6 is 11.6 Å². The summed E-state index contributed by atoms with van der Waals surface area (Å²) in [5, 5.41) is 12.2. The van der Waals surface area contributed by atoms with Crippen LogP contribution in [-0.4, -0.2) is 41.3 Å². The Hall–Kier alpha value is -1.59. The van der Waals surface area contributed by atoms with Crippen LogP contribution in [0.2, 0.25) is 5.02 Å². The maximum atomic E-state index is 11.6. The van der Waals surface area contributed by atoms with E-state index >= 15 is 0 Å². The Bertz CT molecular complexity index is 823. The van der Waals surface area contributed by atoms with Crippen molar-refractivity contribution in [3.05, 3.63) is 64.7 Å². The van der Waals surface area contributed by atoms with Crippen molar-refractivity contribution in [2.24, 2.45) is 5.73 Å². The number of aliphatic hydroxyl groups is 1. The molecular formula is C25H33ClN2O2. The van der Waals surface area contributed by atoms with Gasteiger partial charge in [-0.2, -0.15) is 0 Å². The molecule has 3 N–H and O–H groups in total. The van der Waals surface area contributed by atoms with E-state index in [1.807, 2.05) is 42.5 Å². The van der Waals surface area contributed by atoms with Gasteiger partial charge in [0.2, 0.25) is 0 Å². The lowest BCUT2D eigenvalue weighted by Gasteiger charge is -2.41. The van der Waals surface area contributed by atoms with Gasteiger partial charge in [0.25, 0.3) is 0 Å². The molecule has 5 heteroatoms. The van der Waals surface area contributed by atoms with Gasteiger partial charge in [0, 0.05) is 25.0 Å². The Balaban J connectivity index is 1.52. The first kappa shape index (κ1) is 21.6. The summed E-state index contributed by atoms with van der Waals surface area (Å²) in [5.74, 6) is 0.714. The van der Waals surface area contributed by atoms with Crippen molar-refractivity contribution in [2.45, 2.75) is 62.7 Å². The van der Waals surface area contributed by atoms with Crippen LogP contribution in [0.5, 0.6) is 5.75 Å². The van der Waals surface area contributed by atoms with E-state index in [2.05, 4.69) is 11.0 Å². The number of nitrogens with zero attached hydrogens (tertiary/aromatic N) is 1. The summed E-state index contributed by atoms with van der Waals surface area (Å²) in [6, 6.07) is 16.4. The minimum absolute atomic E-state index is 0.0313. The molecule has 1 aliphatic carbocycles. The van der Waals surface area contributed by atoms with Crippen LogP contribution in [0.4, 0.5) is 0 Å². The smallest absolute Gasteiger partial charge is 0.138 e. The summed E-state index contributed by atoms with van der Waals surface area (Å²) in [6.45, 7) is 3.21. The van der Waals surface area contributed by atoms with E-state index in [0.717, 1.165) is 62.9 Å². The number of nitrogens with two attached hydrogens (primary N) is 1. The van der Waals surface area contributed by atoms with Crippen molar-refractivity contribution in [2.75, 3.05) is 19.6 Å². The zero-order valence-corrected chi connectivity index (χ0v) is 18.4. The molecule has 2 atom stereocenters. The number of ether oxygens (including phenoxy) is 1. The molecule has 2 unspecified atom stereocenters. The van der Waals surface area contributed by atoms with Crippen molar-refractivity contribution < 1.29 is 9.84 Å². The van der Waals surface area contributed by atoms with Crippen molar-refractivity contribution in [3.8, 4) is 5.75 Å². The summed E-state index contributed by atoms with van der Waals surface area (Å²) in [5.41, 5.74) is 7.66. The number of hydrogen-bond acceptors (Lipinski definition) is 4. The lowest BCUT2D eigenvalue weighted by Crippen LogP contribution is -2.44. The van der Waals surface area contributed by atoms with Crippen LogP contribution in [0.3, 0.4) is 0 Å². The molecular weight excluding hydrogens is 396 g/mol. The van der Waals surface area contributed by atoms with E-state index in [1.165, 1.54) is 6.42 Å². The summed E-state index contributed by atoms with van der Waals surface area (Å²) >= 11 is 6.62. The van der Waals surface area contributed by atoms with Gasteiger partial charge in [-0.3, -0.25) is 0 Å². The molecule has 4 nitrogen and oxygen atoms in total. The third-order valence-corrected chi connectivity index (χ3v) is 7.01. The second-order valence-corrected chi connectivity index (χ2v) is 9.40. The van der Waals surface area contributed by atoms with E-state index in [0.29, 0.717) is 17.4 Å². The fourth-order valence-corrected chi connectivity index (χ4v) is 5.21. The predicted molar refractivity (Wildman–Crippen MR) is 122 cm³/mol. The molecule has 2 aromatic carbocycles. The first-order valence-corrected chi connectivity index (χ1v) is 11.6. The highest BCUT2D eigenvalue weighted by atomic mass is 35.5. The molecule has 1 saturated carbocycles. The van der Waals surface area contributed by atoms with Gasteiger partial charge in [-0.05, 0) is 49.1 Å². The zero-order valence-electron chi connectivity index (χ0n) is 17.6. The van der Waals surface area contributed by atoms with Gasteiger partial charge >= 0.3 is 0 Å². The van der Waals surface area contributed by atoms with E-state index in [4.69, 9.17) is 22.1 Å². The Kier molecular flexibility index (Phi) is 6.99. The fraction of sp³-hybridized carbons (Fsp3) is 0.520. The molecule has 0 bridgehead atoms. The topological polar surface area (TPSA) is 58.7 Å². The van der Waals surface area contributed by atoms with E-state index < -0.39 is 5.60 Å². The first-order chi connectivity index (χ1) is 14.5. The van der Waals surface area contributed by atoms with Crippen LogP contribution in [0, 0.1) is 0 Å². The molecule has 2 aliphatic rings. The minimum Gasteiger partial charge on any atom is -0.487 e. The van der Waals surface area contributed by atoms with Crippen molar-refractivity contribution in [3.63, 3.8) is 0 Å². The maximum absolute atomic E-state index is 11.6. The average Bonchev–Trinajstić information content (AvgIpc) is 3.17. The van der Waals surface area contributed by atoms with E-state index in [-0.39, 0.29) is 12.0 Å². The largest absolute Gasteiger partial charge is 0.487 e. The number of hydrogen-bond donors (Lipinski definition) is 2. The Morgan fingerprint density at radius 2 is 1.90 bits per heavy atom. The predicted octanol–water partition coefficient (Wildman–Crippen LogP) is 4.73. The number of halogens is 1. The van der Waals surface area contributed by atoms with E-state index in [1.54, 1.807) is 0 Å². The van der Waals surface area contributed by atoms with Gasteiger partial charge in [0.1, 0.15) is 12.4 Å². The Morgan fingerprint density at radius 3 is 2.57 bits per heavy atom. The van der Waals surface area contributed by atoms with Gasteiger partial charge in [-0.25, -0.2) is 0 Å². The molecule has 4 rings (SSSR count). The number of likely N-dealkylation sites (tertiary alicyclic amines) is 1. The van der Waals surface area contributed by atoms with E-state index in [9.17, 15) is 5.11 Å². The quantitative estimate of drug-likeness (QED) is 0.669. The van der Waals surface area contributed by atoms with Crippen LogP contribution < -0.4 is 10.5 Å². The average molecular weight is 429 g/mol. The Morgan fingerprint density at radius 1 is 1.13 bits per heavy atom. The minimum atomic E-state index is -0.680. The van der Waals surface area contributed by atoms with Gasteiger partial charge in [-0.15, -0.1) is 0 Å². The maximum Gasteiger partial charge on any atom is 0.138 e. The molecule has 1 heterocycles. The molecule has 0 radical (unpaired) electrons. The molecule has 0 amide bonds. The molecule has 0 spiro atoms.